The number of fused-ring (bicyclic) bond motifs is 1. The van der Waals surface area contributed by atoms with Crippen molar-refractivity contribution in [2.45, 2.75) is 25.7 Å². The molecule has 3 N–H and O–H groups in total. The van der Waals surface area contributed by atoms with Crippen LogP contribution in [-0.4, -0.2) is 30.5 Å². The van der Waals surface area contributed by atoms with Crippen molar-refractivity contribution < 1.29 is 4.79 Å². The van der Waals surface area contributed by atoms with Crippen LogP contribution < -0.4 is 10.6 Å². The lowest BCUT2D eigenvalue weighted by Crippen LogP contribution is -2.34. The van der Waals surface area contributed by atoms with Crippen molar-refractivity contribution in [3.8, 4) is 0 Å². The number of para-hydroxylation sites is 1. The van der Waals surface area contributed by atoms with Crippen molar-refractivity contribution in [3.63, 3.8) is 0 Å². The zero-order valence-electron chi connectivity index (χ0n) is 12.8. The molecule has 1 aliphatic carbocycles. The second kappa shape index (κ2) is 5.43. The van der Waals surface area contributed by atoms with Crippen LogP contribution in [0.4, 0.5) is 0 Å². The van der Waals surface area contributed by atoms with Crippen molar-refractivity contribution in [2.75, 3.05) is 19.6 Å². The standard InChI is InChI=1S/C18H23N3O/c22-17(15-11-18(15)6-9-19-10-7-18)20-8-5-13-12-21-16-4-2-1-3-14(13)16/h1-4,12,15,19,21H,5-11H2,(H,20,22)/t15-/m0/s1. The zero-order valence-corrected chi connectivity index (χ0v) is 12.8. The number of aromatic amines is 1. The third kappa shape index (κ3) is 2.41. The Morgan fingerprint density at radius 1 is 1.27 bits per heavy atom. The van der Waals surface area contributed by atoms with E-state index in [0.717, 1.165) is 45.3 Å². The first-order chi connectivity index (χ1) is 10.8. The van der Waals surface area contributed by atoms with Crippen molar-refractivity contribution in [1.29, 1.82) is 0 Å². The van der Waals surface area contributed by atoms with Crippen molar-refractivity contribution in [3.05, 3.63) is 36.0 Å². The van der Waals surface area contributed by atoms with Gasteiger partial charge in [0.05, 0.1) is 0 Å². The smallest absolute Gasteiger partial charge is 0.223 e. The summed E-state index contributed by atoms with van der Waals surface area (Å²) in [6.45, 7) is 2.86. The summed E-state index contributed by atoms with van der Waals surface area (Å²) in [6.07, 6.45) is 6.36. The Kier molecular flexibility index (Phi) is 3.41. The van der Waals surface area contributed by atoms with Gasteiger partial charge in [0.1, 0.15) is 0 Å². The average molecular weight is 297 g/mol. The predicted octanol–water partition coefficient (Wildman–Crippen LogP) is 2.22. The van der Waals surface area contributed by atoms with Crippen LogP contribution in [0, 0.1) is 11.3 Å². The van der Waals surface area contributed by atoms with Crippen LogP contribution in [0.1, 0.15) is 24.8 Å². The van der Waals surface area contributed by atoms with Gasteiger partial charge < -0.3 is 15.6 Å². The highest BCUT2D eigenvalue weighted by molar-refractivity contribution is 5.84. The van der Waals surface area contributed by atoms with Gasteiger partial charge in [0.25, 0.3) is 0 Å². The zero-order chi connectivity index (χ0) is 15.0. The fourth-order valence-corrected chi connectivity index (χ4v) is 3.98. The SMILES string of the molecule is O=C(NCCc1c[nH]c2ccccc12)[C@@H]1CC12CCNCC2. The van der Waals surface area contributed by atoms with E-state index in [4.69, 9.17) is 0 Å². The van der Waals surface area contributed by atoms with E-state index in [1.807, 2.05) is 6.07 Å². The van der Waals surface area contributed by atoms with Gasteiger partial charge in [-0.25, -0.2) is 0 Å². The maximum atomic E-state index is 12.3. The normalized spacial score (nSPS) is 22.8. The molecule has 1 atom stereocenters. The molecule has 1 saturated heterocycles. The number of rotatable bonds is 4. The molecule has 2 aliphatic rings. The fraction of sp³-hybridized carbons (Fsp3) is 0.500. The predicted molar refractivity (Wildman–Crippen MR) is 87.7 cm³/mol. The Labute approximate surface area is 130 Å². The summed E-state index contributed by atoms with van der Waals surface area (Å²) in [5.74, 6) is 0.527. The van der Waals surface area contributed by atoms with E-state index in [2.05, 4.69) is 40.0 Å². The summed E-state index contributed by atoms with van der Waals surface area (Å²) >= 11 is 0. The molecule has 4 rings (SSSR count). The highest BCUT2D eigenvalue weighted by Crippen LogP contribution is 2.58. The summed E-state index contributed by atoms with van der Waals surface area (Å²) in [6, 6.07) is 8.32. The van der Waals surface area contributed by atoms with Crippen molar-refractivity contribution >= 4 is 16.8 Å². The first-order valence-electron chi connectivity index (χ1n) is 8.32. The van der Waals surface area contributed by atoms with Gasteiger partial charge in [-0.1, -0.05) is 18.2 Å². The highest BCUT2D eigenvalue weighted by Gasteiger charge is 2.57. The molecule has 0 bridgehead atoms. The van der Waals surface area contributed by atoms with Crippen LogP contribution in [-0.2, 0) is 11.2 Å². The average Bonchev–Trinajstić information content (AvgIpc) is 3.08. The largest absolute Gasteiger partial charge is 0.361 e. The maximum Gasteiger partial charge on any atom is 0.223 e. The van der Waals surface area contributed by atoms with Gasteiger partial charge in [0, 0.05) is 29.6 Å². The lowest BCUT2D eigenvalue weighted by atomic mass is 9.92. The minimum absolute atomic E-state index is 0.262. The lowest BCUT2D eigenvalue weighted by Gasteiger charge is -2.23. The Morgan fingerprint density at radius 3 is 2.95 bits per heavy atom. The third-order valence-corrected chi connectivity index (χ3v) is 5.47. The van der Waals surface area contributed by atoms with Crippen molar-refractivity contribution in [2.24, 2.45) is 11.3 Å². The number of piperidine rings is 1. The lowest BCUT2D eigenvalue weighted by molar-refractivity contribution is -0.123. The maximum absolute atomic E-state index is 12.3. The molecule has 1 spiro atoms. The molecule has 22 heavy (non-hydrogen) atoms. The van der Waals surface area contributed by atoms with E-state index in [-0.39, 0.29) is 11.8 Å². The van der Waals surface area contributed by atoms with E-state index < -0.39 is 0 Å². The summed E-state index contributed by atoms with van der Waals surface area (Å²) in [4.78, 5) is 15.6. The van der Waals surface area contributed by atoms with Gasteiger partial charge in [0.15, 0.2) is 0 Å². The Morgan fingerprint density at radius 2 is 2.09 bits per heavy atom. The molecule has 2 aromatic rings. The van der Waals surface area contributed by atoms with Gasteiger partial charge >= 0.3 is 0 Å². The van der Waals surface area contributed by atoms with Crippen LogP contribution in [0.15, 0.2) is 30.5 Å². The summed E-state index contributed by atoms with van der Waals surface area (Å²) in [5.41, 5.74) is 2.78. The van der Waals surface area contributed by atoms with Gasteiger partial charge in [-0.15, -0.1) is 0 Å². The van der Waals surface area contributed by atoms with E-state index in [9.17, 15) is 4.79 Å². The van der Waals surface area contributed by atoms with Crippen molar-refractivity contribution in [1.82, 2.24) is 15.6 Å². The first-order valence-corrected chi connectivity index (χ1v) is 8.32. The molecule has 1 amide bonds. The summed E-state index contributed by atoms with van der Waals surface area (Å²) in [5, 5.41) is 7.79. The van der Waals surface area contributed by atoms with E-state index in [1.54, 1.807) is 0 Å². The Bertz CT molecular complexity index is 684. The van der Waals surface area contributed by atoms with Crippen LogP contribution in [0.25, 0.3) is 10.9 Å². The number of carbonyl (C=O) groups excluding carboxylic acids is 1. The van der Waals surface area contributed by atoms with Crippen LogP contribution in [0.2, 0.25) is 0 Å². The van der Waals surface area contributed by atoms with Gasteiger partial charge in [-0.05, 0) is 55.8 Å². The number of aromatic nitrogens is 1. The van der Waals surface area contributed by atoms with Crippen LogP contribution >= 0.6 is 0 Å². The molecule has 116 valence electrons. The van der Waals surface area contributed by atoms with Gasteiger partial charge in [0.2, 0.25) is 5.91 Å². The first kappa shape index (κ1) is 13.8. The molecule has 2 fully saturated rings. The quantitative estimate of drug-likeness (QED) is 0.810. The van der Waals surface area contributed by atoms with Gasteiger partial charge in [-0.3, -0.25) is 4.79 Å². The Balaban J connectivity index is 1.31. The number of hydrogen-bond donors (Lipinski definition) is 3. The minimum Gasteiger partial charge on any atom is -0.361 e. The third-order valence-electron chi connectivity index (χ3n) is 5.47. The summed E-state index contributed by atoms with van der Waals surface area (Å²) < 4.78 is 0. The van der Waals surface area contributed by atoms with Crippen LogP contribution in [0.3, 0.4) is 0 Å². The number of H-pyrrole nitrogens is 1. The molecule has 0 radical (unpaired) electrons. The van der Waals surface area contributed by atoms with E-state index in [0.29, 0.717) is 5.41 Å². The number of carbonyl (C=O) groups is 1. The molecule has 2 heterocycles. The second-order valence-corrected chi connectivity index (χ2v) is 6.77. The van der Waals surface area contributed by atoms with Gasteiger partial charge in [-0.2, -0.15) is 0 Å². The molecular formula is C18H23N3O. The highest BCUT2D eigenvalue weighted by atomic mass is 16.2. The molecule has 1 aliphatic heterocycles. The number of amides is 1. The molecule has 1 aromatic heterocycles. The molecule has 1 aromatic carbocycles. The van der Waals surface area contributed by atoms with E-state index in [1.165, 1.54) is 16.5 Å². The number of nitrogens with one attached hydrogen (secondary N) is 3. The fourth-order valence-electron chi connectivity index (χ4n) is 3.98. The summed E-state index contributed by atoms with van der Waals surface area (Å²) in [7, 11) is 0. The number of benzene rings is 1. The molecule has 0 unspecified atom stereocenters. The van der Waals surface area contributed by atoms with Crippen LogP contribution in [0.5, 0.6) is 0 Å². The molecule has 4 heteroatoms. The minimum atomic E-state index is 0.262. The second-order valence-electron chi connectivity index (χ2n) is 6.77. The molecule has 4 nitrogen and oxygen atoms in total. The molecule has 1 saturated carbocycles. The monoisotopic (exact) mass is 297 g/mol. The number of hydrogen-bond acceptors (Lipinski definition) is 2. The van der Waals surface area contributed by atoms with E-state index >= 15 is 0 Å². The Hall–Kier alpha value is -1.81. The topological polar surface area (TPSA) is 56.9 Å². The molecular weight excluding hydrogens is 274 g/mol.